The number of aromatic nitrogens is 1. The lowest BCUT2D eigenvalue weighted by Crippen LogP contribution is -2.25. The maximum Gasteiger partial charge on any atom is 0.226 e. The fraction of sp³-hybridized carbons (Fsp3) is 0.269. The Morgan fingerprint density at radius 2 is 1.72 bits per heavy atom. The summed E-state index contributed by atoms with van der Waals surface area (Å²) in [7, 11) is 1.53. The van der Waals surface area contributed by atoms with Gasteiger partial charge in [-0.1, -0.05) is 25.1 Å². The van der Waals surface area contributed by atoms with Gasteiger partial charge in [0.2, 0.25) is 5.91 Å². The van der Waals surface area contributed by atoms with Crippen molar-refractivity contribution in [3.63, 3.8) is 0 Å². The van der Waals surface area contributed by atoms with Gasteiger partial charge in [-0.05, 0) is 67.3 Å². The van der Waals surface area contributed by atoms with Crippen LogP contribution < -0.4 is 4.90 Å². The number of hydrogen-bond acceptors (Lipinski definition) is 4. The van der Waals surface area contributed by atoms with Gasteiger partial charge in [0.15, 0.2) is 5.78 Å². The molecule has 0 spiro atoms. The van der Waals surface area contributed by atoms with Gasteiger partial charge in [0.25, 0.3) is 0 Å². The number of ketones is 1. The maximum absolute atomic E-state index is 14.6. The van der Waals surface area contributed by atoms with E-state index in [4.69, 9.17) is 0 Å². The van der Waals surface area contributed by atoms with E-state index in [2.05, 4.69) is 4.98 Å². The average molecular weight is 435 g/mol. The molecule has 6 heteroatoms. The van der Waals surface area contributed by atoms with E-state index in [-0.39, 0.29) is 41.5 Å². The summed E-state index contributed by atoms with van der Waals surface area (Å²) in [5.74, 6) is -1.04. The predicted octanol–water partition coefficient (Wildman–Crippen LogP) is 5.40. The Bertz CT molecular complexity index is 1170. The lowest BCUT2D eigenvalue weighted by Gasteiger charge is -2.18. The standard InChI is InChI=1S/C26H27FN2O3/c1-5-26(32)29(4)23-12-9-19(14-22(23)27)20-8-11-21(25(31)15-20)24(30)13-10-18-7-6-16(2)28-17(18)3/h6-9,11-12,14-15,31H,5,10,13H2,1-4H3. The van der Waals surface area contributed by atoms with Crippen LogP contribution >= 0.6 is 0 Å². The molecular formula is C26H27FN2O3. The number of rotatable bonds is 7. The zero-order chi connectivity index (χ0) is 23.4. The van der Waals surface area contributed by atoms with E-state index in [1.807, 2.05) is 26.0 Å². The number of halogens is 1. The summed E-state index contributed by atoms with van der Waals surface area (Å²) in [6.45, 7) is 5.55. The van der Waals surface area contributed by atoms with Crippen molar-refractivity contribution in [2.75, 3.05) is 11.9 Å². The van der Waals surface area contributed by atoms with Crippen LogP contribution in [0.25, 0.3) is 11.1 Å². The Morgan fingerprint density at radius 3 is 2.34 bits per heavy atom. The van der Waals surface area contributed by atoms with E-state index in [1.165, 1.54) is 30.1 Å². The molecule has 0 aliphatic heterocycles. The van der Waals surface area contributed by atoms with E-state index < -0.39 is 5.82 Å². The summed E-state index contributed by atoms with van der Waals surface area (Å²) in [5, 5.41) is 10.4. The molecule has 0 aliphatic rings. The van der Waals surface area contributed by atoms with Gasteiger partial charge in [-0.25, -0.2) is 4.39 Å². The number of phenolic OH excluding ortho intramolecular Hbond substituents is 1. The van der Waals surface area contributed by atoms with E-state index in [0.717, 1.165) is 17.0 Å². The monoisotopic (exact) mass is 434 g/mol. The van der Waals surface area contributed by atoms with Crippen molar-refractivity contribution in [3.8, 4) is 16.9 Å². The molecular weight excluding hydrogens is 407 g/mol. The Kier molecular flexibility index (Phi) is 7.03. The van der Waals surface area contributed by atoms with Crippen molar-refractivity contribution in [2.45, 2.75) is 40.0 Å². The molecule has 1 heterocycles. The van der Waals surface area contributed by atoms with Crippen LogP contribution in [0.5, 0.6) is 5.75 Å². The number of carbonyl (C=O) groups excluding carboxylic acids is 2. The number of phenols is 1. The van der Waals surface area contributed by atoms with E-state index in [0.29, 0.717) is 17.5 Å². The van der Waals surface area contributed by atoms with Crippen LogP contribution in [0.4, 0.5) is 10.1 Å². The molecule has 5 nitrogen and oxygen atoms in total. The summed E-state index contributed by atoms with van der Waals surface area (Å²) in [6, 6.07) is 13.1. The van der Waals surface area contributed by atoms with Gasteiger partial charge >= 0.3 is 0 Å². The largest absolute Gasteiger partial charge is 0.507 e. The smallest absolute Gasteiger partial charge is 0.226 e. The lowest BCUT2D eigenvalue weighted by atomic mass is 9.97. The SMILES string of the molecule is CCC(=O)N(C)c1ccc(-c2ccc(C(=O)CCc3ccc(C)nc3C)c(O)c2)cc1F. The summed E-state index contributed by atoms with van der Waals surface area (Å²) < 4.78 is 14.6. The highest BCUT2D eigenvalue weighted by atomic mass is 19.1. The number of carbonyl (C=O) groups is 2. The van der Waals surface area contributed by atoms with Crippen molar-refractivity contribution in [3.05, 3.63) is 76.9 Å². The molecule has 1 aromatic heterocycles. The Hall–Kier alpha value is -3.54. The van der Waals surface area contributed by atoms with Crippen molar-refractivity contribution < 1.29 is 19.1 Å². The van der Waals surface area contributed by atoms with Crippen LogP contribution in [0.1, 0.15) is 47.1 Å². The second kappa shape index (κ2) is 9.73. The average Bonchev–Trinajstić information content (AvgIpc) is 2.77. The molecule has 0 radical (unpaired) electrons. The van der Waals surface area contributed by atoms with Crippen LogP contribution in [0.3, 0.4) is 0 Å². The molecule has 166 valence electrons. The minimum atomic E-state index is -0.534. The minimum Gasteiger partial charge on any atom is -0.507 e. The van der Waals surface area contributed by atoms with Crippen molar-refractivity contribution in [1.82, 2.24) is 4.98 Å². The van der Waals surface area contributed by atoms with E-state index in [1.54, 1.807) is 25.1 Å². The number of benzene rings is 2. The van der Waals surface area contributed by atoms with Crippen LogP contribution in [0, 0.1) is 19.7 Å². The molecule has 0 unspecified atom stereocenters. The van der Waals surface area contributed by atoms with E-state index in [9.17, 15) is 19.1 Å². The fourth-order valence-electron chi connectivity index (χ4n) is 3.64. The lowest BCUT2D eigenvalue weighted by molar-refractivity contribution is -0.118. The van der Waals surface area contributed by atoms with Gasteiger partial charge in [-0.3, -0.25) is 14.6 Å². The fourth-order valence-corrected chi connectivity index (χ4v) is 3.64. The number of hydrogen-bond donors (Lipinski definition) is 1. The minimum absolute atomic E-state index is 0.144. The summed E-state index contributed by atoms with van der Waals surface area (Å²) in [5.41, 5.74) is 4.37. The summed E-state index contributed by atoms with van der Waals surface area (Å²) >= 11 is 0. The van der Waals surface area contributed by atoms with Crippen LogP contribution in [-0.2, 0) is 11.2 Å². The van der Waals surface area contributed by atoms with Crippen LogP contribution in [-0.4, -0.2) is 28.8 Å². The third-order valence-electron chi connectivity index (χ3n) is 5.57. The highest BCUT2D eigenvalue weighted by Crippen LogP contribution is 2.30. The molecule has 1 N–H and O–H groups in total. The topological polar surface area (TPSA) is 70.5 Å². The third kappa shape index (κ3) is 5.02. The zero-order valence-corrected chi connectivity index (χ0v) is 18.8. The molecule has 0 aliphatic carbocycles. The van der Waals surface area contributed by atoms with Gasteiger partial charge in [-0.15, -0.1) is 0 Å². The second-order valence-corrected chi connectivity index (χ2v) is 7.82. The molecule has 0 saturated carbocycles. The number of pyridine rings is 1. The number of anilines is 1. The first kappa shape index (κ1) is 23.1. The molecule has 32 heavy (non-hydrogen) atoms. The van der Waals surface area contributed by atoms with Crippen molar-refractivity contribution in [2.24, 2.45) is 0 Å². The Balaban J connectivity index is 1.76. The number of amides is 1. The van der Waals surface area contributed by atoms with E-state index >= 15 is 0 Å². The summed E-state index contributed by atoms with van der Waals surface area (Å²) in [6.07, 6.45) is 1.07. The first-order chi connectivity index (χ1) is 15.2. The van der Waals surface area contributed by atoms with Gasteiger partial charge in [0, 0.05) is 31.3 Å². The molecule has 1 amide bonds. The van der Waals surface area contributed by atoms with Crippen molar-refractivity contribution >= 4 is 17.4 Å². The molecule has 0 saturated heterocycles. The van der Waals surface area contributed by atoms with Crippen LogP contribution in [0.2, 0.25) is 0 Å². The molecule has 2 aromatic carbocycles. The highest BCUT2D eigenvalue weighted by Gasteiger charge is 2.16. The van der Waals surface area contributed by atoms with Crippen molar-refractivity contribution in [1.29, 1.82) is 0 Å². The van der Waals surface area contributed by atoms with Gasteiger partial charge < -0.3 is 10.0 Å². The number of Topliss-reactive ketones (excluding diaryl/α,β-unsaturated/α-hetero) is 1. The first-order valence-corrected chi connectivity index (χ1v) is 10.6. The molecule has 0 bridgehead atoms. The quantitative estimate of drug-likeness (QED) is 0.506. The van der Waals surface area contributed by atoms with Crippen LogP contribution in [0.15, 0.2) is 48.5 Å². The van der Waals surface area contributed by atoms with Gasteiger partial charge in [0.05, 0.1) is 11.3 Å². The second-order valence-electron chi connectivity index (χ2n) is 7.82. The Morgan fingerprint density at radius 1 is 1.03 bits per heavy atom. The molecule has 3 rings (SSSR count). The highest BCUT2D eigenvalue weighted by molar-refractivity contribution is 5.99. The number of nitrogens with zero attached hydrogens (tertiary/aromatic N) is 2. The first-order valence-electron chi connectivity index (χ1n) is 10.6. The Labute approximate surface area is 187 Å². The predicted molar refractivity (Wildman–Crippen MR) is 124 cm³/mol. The molecule has 0 atom stereocenters. The molecule has 3 aromatic rings. The summed E-state index contributed by atoms with van der Waals surface area (Å²) in [4.78, 5) is 30.2. The number of aryl methyl sites for hydroxylation is 3. The normalized spacial score (nSPS) is 10.8. The number of aromatic hydroxyl groups is 1. The maximum atomic E-state index is 14.6. The van der Waals surface area contributed by atoms with Gasteiger partial charge in [0.1, 0.15) is 11.6 Å². The zero-order valence-electron chi connectivity index (χ0n) is 18.8. The van der Waals surface area contributed by atoms with Gasteiger partial charge in [-0.2, -0.15) is 0 Å². The molecule has 0 fully saturated rings. The third-order valence-corrected chi connectivity index (χ3v) is 5.57.